The summed E-state index contributed by atoms with van der Waals surface area (Å²) in [5, 5.41) is 15.1. The maximum Gasteiger partial charge on any atom is 0.228 e. The normalized spacial score (nSPS) is 20.3. The van der Waals surface area contributed by atoms with Crippen LogP contribution in [0.5, 0.6) is 0 Å². The van der Waals surface area contributed by atoms with Crippen molar-refractivity contribution in [2.24, 2.45) is 11.1 Å². The molecule has 1 fully saturated rings. The fourth-order valence-corrected chi connectivity index (χ4v) is 2.92. The first-order chi connectivity index (χ1) is 10.8. The summed E-state index contributed by atoms with van der Waals surface area (Å²) in [6, 6.07) is 7.39. The van der Waals surface area contributed by atoms with E-state index < -0.39 is 0 Å². The van der Waals surface area contributed by atoms with Gasteiger partial charge in [-0.2, -0.15) is 0 Å². The molecule has 126 valence electrons. The van der Waals surface area contributed by atoms with Crippen molar-refractivity contribution in [2.75, 3.05) is 18.4 Å². The number of oxime groups is 1. The van der Waals surface area contributed by atoms with Gasteiger partial charge in [-0.1, -0.05) is 17.3 Å². The first-order valence-corrected chi connectivity index (χ1v) is 8.16. The average molecular weight is 317 g/mol. The van der Waals surface area contributed by atoms with Crippen LogP contribution in [0, 0.1) is 5.92 Å². The fraction of sp³-hybridized carbons (Fsp3) is 0.556. The van der Waals surface area contributed by atoms with Crippen LogP contribution in [0.1, 0.15) is 46.1 Å². The van der Waals surface area contributed by atoms with Gasteiger partial charge in [0.1, 0.15) is 0 Å². The molecular weight excluding hydrogens is 290 g/mol. The number of hydrogen-bond acceptors (Lipinski definition) is 4. The van der Waals surface area contributed by atoms with E-state index in [-0.39, 0.29) is 17.4 Å². The van der Waals surface area contributed by atoms with Crippen LogP contribution in [0.3, 0.4) is 0 Å². The largest absolute Gasteiger partial charge is 0.411 e. The number of carbonyl (C=O) groups excluding carboxylic acids is 1. The molecule has 1 atom stereocenters. The monoisotopic (exact) mass is 317 g/mol. The summed E-state index contributed by atoms with van der Waals surface area (Å²) in [6.45, 7) is 10.1. The van der Waals surface area contributed by atoms with Gasteiger partial charge in [-0.25, -0.2) is 0 Å². The number of nitrogens with one attached hydrogen (secondary N) is 1. The third kappa shape index (κ3) is 4.55. The Kier molecular flexibility index (Phi) is 5.42. The first-order valence-electron chi connectivity index (χ1n) is 8.16. The van der Waals surface area contributed by atoms with E-state index in [1.54, 1.807) is 6.92 Å². The molecule has 1 saturated heterocycles. The molecule has 0 spiro atoms. The van der Waals surface area contributed by atoms with Gasteiger partial charge in [-0.05, 0) is 59.2 Å². The van der Waals surface area contributed by atoms with E-state index in [1.807, 2.05) is 24.3 Å². The molecule has 1 heterocycles. The lowest BCUT2D eigenvalue weighted by molar-refractivity contribution is -0.122. The minimum absolute atomic E-state index is 0.0132. The van der Waals surface area contributed by atoms with Crippen LogP contribution in [0.25, 0.3) is 0 Å². The fourth-order valence-electron chi connectivity index (χ4n) is 2.92. The molecule has 1 amide bonds. The van der Waals surface area contributed by atoms with Crippen molar-refractivity contribution >= 4 is 17.3 Å². The van der Waals surface area contributed by atoms with E-state index in [0.29, 0.717) is 5.71 Å². The molecule has 1 aromatic carbocycles. The highest BCUT2D eigenvalue weighted by atomic mass is 16.4. The van der Waals surface area contributed by atoms with Crippen LogP contribution >= 0.6 is 0 Å². The van der Waals surface area contributed by atoms with Crippen molar-refractivity contribution in [3.05, 3.63) is 29.8 Å². The summed E-state index contributed by atoms with van der Waals surface area (Å²) >= 11 is 0. The van der Waals surface area contributed by atoms with Crippen molar-refractivity contribution in [1.29, 1.82) is 0 Å². The lowest BCUT2D eigenvalue weighted by Crippen LogP contribution is -2.49. The number of rotatable bonds is 3. The van der Waals surface area contributed by atoms with Crippen LogP contribution in [0.2, 0.25) is 0 Å². The maximum absolute atomic E-state index is 12.6. The summed E-state index contributed by atoms with van der Waals surface area (Å²) in [5.74, 6) is 0.0777. The van der Waals surface area contributed by atoms with E-state index in [2.05, 4.69) is 36.1 Å². The third-order valence-corrected chi connectivity index (χ3v) is 4.44. The summed E-state index contributed by atoms with van der Waals surface area (Å²) in [7, 11) is 0. The number of anilines is 1. The van der Waals surface area contributed by atoms with Crippen molar-refractivity contribution in [2.45, 2.75) is 46.1 Å². The molecule has 2 N–H and O–H groups in total. The second-order valence-corrected chi connectivity index (χ2v) is 7.21. The Morgan fingerprint density at radius 1 is 1.39 bits per heavy atom. The molecule has 1 unspecified atom stereocenters. The molecule has 2 rings (SSSR count). The Bertz CT molecular complexity index is 590. The Labute approximate surface area is 138 Å². The SMILES string of the molecule is C/C(=N\O)c1cccc(NC(=O)C2CCCN(C(C)(C)C)C2)c1. The molecule has 1 aromatic rings. The molecule has 0 radical (unpaired) electrons. The topological polar surface area (TPSA) is 64.9 Å². The van der Waals surface area contributed by atoms with Crippen molar-refractivity contribution in [3.8, 4) is 0 Å². The van der Waals surface area contributed by atoms with Crippen LogP contribution < -0.4 is 5.32 Å². The lowest BCUT2D eigenvalue weighted by Gasteiger charge is -2.41. The molecule has 0 aliphatic carbocycles. The number of nitrogens with zero attached hydrogens (tertiary/aromatic N) is 2. The van der Waals surface area contributed by atoms with Gasteiger partial charge in [-0.15, -0.1) is 0 Å². The third-order valence-electron chi connectivity index (χ3n) is 4.44. The first kappa shape index (κ1) is 17.5. The van der Waals surface area contributed by atoms with Crippen LogP contribution in [0.15, 0.2) is 29.4 Å². The number of carbonyl (C=O) groups is 1. The van der Waals surface area contributed by atoms with Gasteiger partial charge >= 0.3 is 0 Å². The second kappa shape index (κ2) is 7.13. The molecule has 5 heteroatoms. The molecule has 1 aliphatic rings. The predicted molar refractivity (Wildman–Crippen MR) is 93.1 cm³/mol. The number of piperidine rings is 1. The van der Waals surface area contributed by atoms with Crippen LogP contribution in [-0.4, -0.2) is 40.4 Å². The molecule has 0 bridgehead atoms. The lowest BCUT2D eigenvalue weighted by atomic mass is 9.92. The van der Waals surface area contributed by atoms with E-state index in [1.165, 1.54) is 0 Å². The molecule has 1 aliphatic heterocycles. The number of likely N-dealkylation sites (tertiary alicyclic amines) is 1. The van der Waals surface area contributed by atoms with E-state index in [0.717, 1.165) is 37.2 Å². The average Bonchev–Trinajstić information content (AvgIpc) is 2.53. The molecule has 0 aromatic heterocycles. The predicted octanol–water partition coefficient (Wildman–Crippen LogP) is 3.33. The van der Waals surface area contributed by atoms with Gasteiger partial charge in [0, 0.05) is 23.3 Å². The standard InChI is InChI=1S/C18H27N3O2/c1-13(20-23)14-7-5-9-16(11-14)19-17(22)15-8-6-10-21(12-15)18(2,3)4/h5,7,9,11,15,23H,6,8,10,12H2,1-4H3,(H,19,22)/b20-13+. The van der Waals surface area contributed by atoms with Crippen molar-refractivity contribution < 1.29 is 10.0 Å². The van der Waals surface area contributed by atoms with Gasteiger partial charge in [0.2, 0.25) is 5.91 Å². The summed E-state index contributed by atoms with van der Waals surface area (Å²) in [5.41, 5.74) is 2.15. The highest BCUT2D eigenvalue weighted by Gasteiger charge is 2.31. The van der Waals surface area contributed by atoms with E-state index in [9.17, 15) is 4.79 Å². The summed E-state index contributed by atoms with van der Waals surface area (Å²) in [6.07, 6.45) is 1.97. The zero-order chi connectivity index (χ0) is 17.0. The summed E-state index contributed by atoms with van der Waals surface area (Å²) < 4.78 is 0. The van der Waals surface area contributed by atoms with Gasteiger partial charge < -0.3 is 10.5 Å². The Morgan fingerprint density at radius 3 is 2.78 bits per heavy atom. The molecule has 0 saturated carbocycles. The Morgan fingerprint density at radius 2 is 2.13 bits per heavy atom. The zero-order valence-electron chi connectivity index (χ0n) is 14.5. The minimum atomic E-state index is 0.0132. The zero-order valence-corrected chi connectivity index (χ0v) is 14.5. The smallest absolute Gasteiger partial charge is 0.228 e. The number of amides is 1. The van der Waals surface area contributed by atoms with Gasteiger partial charge in [-0.3, -0.25) is 9.69 Å². The van der Waals surface area contributed by atoms with Crippen molar-refractivity contribution in [3.63, 3.8) is 0 Å². The molecule has 23 heavy (non-hydrogen) atoms. The van der Waals surface area contributed by atoms with E-state index >= 15 is 0 Å². The second-order valence-electron chi connectivity index (χ2n) is 7.21. The van der Waals surface area contributed by atoms with Crippen molar-refractivity contribution in [1.82, 2.24) is 4.90 Å². The highest BCUT2D eigenvalue weighted by Crippen LogP contribution is 2.25. The highest BCUT2D eigenvalue weighted by molar-refractivity contribution is 6.00. The molecular formula is C18H27N3O2. The number of benzene rings is 1. The summed E-state index contributed by atoms with van der Waals surface area (Å²) in [4.78, 5) is 14.9. The van der Waals surface area contributed by atoms with Gasteiger partial charge in [0.15, 0.2) is 0 Å². The van der Waals surface area contributed by atoms with Gasteiger partial charge in [0.05, 0.1) is 11.6 Å². The number of hydrogen-bond donors (Lipinski definition) is 2. The Hall–Kier alpha value is -1.88. The van der Waals surface area contributed by atoms with Gasteiger partial charge in [0.25, 0.3) is 0 Å². The quantitative estimate of drug-likeness (QED) is 0.510. The van der Waals surface area contributed by atoms with Crippen LogP contribution in [0.4, 0.5) is 5.69 Å². The maximum atomic E-state index is 12.6. The minimum Gasteiger partial charge on any atom is -0.411 e. The van der Waals surface area contributed by atoms with E-state index in [4.69, 9.17) is 5.21 Å². The molecule has 5 nitrogen and oxygen atoms in total. The van der Waals surface area contributed by atoms with Crippen LogP contribution in [-0.2, 0) is 4.79 Å². The Balaban J connectivity index is 2.04.